The Labute approximate surface area is 177 Å². The number of piperidine rings is 1. The number of hydrogen-bond acceptors (Lipinski definition) is 5. The van der Waals surface area contributed by atoms with Gasteiger partial charge in [0.05, 0.1) is 0 Å². The van der Waals surface area contributed by atoms with Gasteiger partial charge in [0.25, 0.3) is 0 Å². The zero-order chi connectivity index (χ0) is 21.7. The molecule has 1 amide bonds. The maximum atomic E-state index is 13.0. The first-order valence-corrected chi connectivity index (χ1v) is 11.9. The third-order valence-corrected chi connectivity index (χ3v) is 8.16. The number of amides is 1. The molecule has 4 rings (SSSR count). The van der Waals surface area contributed by atoms with Gasteiger partial charge in [0, 0.05) is 51.0 Å². The molecule has 2 fully saturated rings. The van der Waals surface area contributed by atoms with Crippen LogP contribution in [0.4, 0.5) is 4.79 Å². The predicted molar refractivity (Wildman–Crippen MR) is 115 cm³/mol. The number of fused-ring (bicyclic) bond motifs is 1. The molecule has 30 heavy (non-hydrogen) atoms. The second kappa shape index (κ2) is 7.53. The second-order valence-corrected chi connectivity index (χ2v) is 11.5. The van der Waals surface area contributed by atoms with Gasteiger partial charge in [0.15, 0.2) is 0 Å². The van der Waals surface area contributed by atoms with Gasteiger partial charge in [0.2, 0.25) is 10.0 Å². The van der Waals surface area contributed by atoms with Gasteiger partial charge in [-0.2, -0.15) is 0 Å². The minimum Gasteiger partial charge on any atom is -0.444 e. The van der Waals surface area contributed by atoms with E-state index in [0.29, 0.717) is 19.0 Å². The first kappa shape index (κ1) is 21.1. The van der Waals surface area contributed by atoms with E-state index in [4.69, 9.17) is 4.74 Å². The Bertz CT molecular complexity index is 1040. The number of aryl methyl sites for hydroxylation is 1. The summed E-state index contributed by atoms with van der Waals surface area (Å²) in [5, 5.41) is 0.608. The fraction of sp³-hybridized carbons (Fsp3) is 0.619. The van der Waals surface area contributed by atoms with Gasteiger partial charge in [-0.05, 0) is 57.2 Å². The van der Waals surface area contributed by atoms with Crippen molar-refractivity contribution in [2.75, 3.05) is 26.2 Å². The van der Waals surface area contributed by atoms with Crippen molar-refractivity contribution in [1.29, 1.82) is 0 Å². The van der Waals surface area contributed by atoms with E-state index in [1.807, 2.05) is 17.7 Å². The third-order valence-electron chi connectivity index (χ3n) is 5.94. The third kappa shape index (κ3) is 3.92. The molecule has 2 aromatic heterocycles. The van der Waals surface area contributed by atoms with Crippen molar-refractivity contribution in [3.8, 4) is 0 Å². The van der Waals surface area contributed by atoms with Gasteiger partial charge >= 0.3 is 6.09 Å². The molecule has 0 radical (unpaired) electrons. The van der Waals surface area contributed by atoms with Crippen LogP contribution in [-0.4, -0.2) is 70.3 Å². The number of carbonyl (C=O) groups excluding carboxylic acids is 1. The lowest BCUT2D eigenvalue weighted by atomic mass is 9.90. The molecule has 2 aliphatic rings. The van der Waals surface area contributed by atoms with Crippen LogP contribution in [-0.2, 0) is 21.8 Å². The van der Waals surface area contributed by atoms with Gasteiger partial charge in [-0.15, -0.1) is 0 Å². The molecule has 0 aliphatic carbocycles. The van der Waals surface area contributed by atoms with E-state index >= 15 is 0 Å². The monoisotopic (exact) mass is 434 g/mol. The lowest BCUT2D eigenvalue weighted by Gasteiger charge is -2.42. The molecule has 164 valence electrons. The lowest BCUT2D eigenvalue weighted by molar-refractivity contribution is 0.0135. The number of carbonyl (C=O) groups is 1. The van der Waals surface area contributed by atoms with Crippen LogP contribution < -0.4 is 0 Å². The van der Waals surface area contributed by atoms with E-state index in [-0.39, 0.29) is 13.1 Å². The molecule has 0 N–H and O–H groups in total. The molecule has 2 aliphatic heterocycles. The Morgan fingerprint density at radius 3 is 2.50 bits per heavy atom. The topological polar surface area (TPSA) is 84.7 Å². The number of sulfonamides is 1. The van der Waals surface area contributed by atoms with Gasteiger partial charge in [-0.1, -0.05) is 0 Å². The number of pyridine rings is 1. The van der Waals surface area contributed by atoms with E-state index in [2.05, 4.69) is 17.2 Å². The van der Waals surface area contributed by atoms with Crippen LogP contribution >= 0.6 is 0 Å². The molecule has 0 aromatic carbocycles. The molecule has 4 heterocycles. The Morgan fingerprint density at radius 1 is 1.20 bits per heavy atom. The summed E-state index contributed by atoms with van der Waals surface area (Å²) in [6.07, 6.45) is 5.04. The number of ether oxygens (including phenoxy) is 1. The van der Waals surface area contributed by atoms with Crippen LogP contribution in [0, 0.1) is 0 Å². The molecule has 9 heteroatoms. The minimum atomic E-state index is -3.41. The summed E-state index contributed by atoms with van der Waals surface area (Å²) in [6.45, 7) is 6.82. The molecule has 0 atom stereocenters. The van der Waals surface area contributed by atoms with E-state index in [9.17, 15) is 13.2 Å². The molecular weight excluding hydrogens is 404 g/mol. The highest BCUT2D eigenvalue weighted by Crippen LogP contribution is 2.35. The number of rotatable bonds is 3. The van der Waals surface area contributed by atoms with Crippen LogP contribution in [0.15, 0.2) is 24.5 Å². The van der Waals surface area contributed by atoms with Crippen LogP contribution in [0.3, 0.4) is 0 Å². The highest BCUT2D eigenvalue weighted by atomic mass is 32.2. The maximum absolute atomic E-state index is 13.0. The van der Waals surface area contributed by atoms with Crippen molar-refractivity contribution in [2.45, 2.75) is 50.4 Å². The zero-order valence-corrected chi connectivity index (χ0v) is 18.9. The fourth-order valence-electron chi connectivity index (χ4n) is 4.30. The normalized spacial score (nSPS) is 19.8. The number of likely N-dealkylation sites (tertiary alicyclic amines) is 1. The summed E-state index contributed by atoms with van der Waals surface area (Å²) >= 11 is 0. The first-order chi connectivity index (χ1) is 14.1. The van der Waals surface area contributed by atoms with Gasteiger partial charge < -0.3 is 14.2 Å². The Hall–Kier alpha value is -2.13. The SMILES string of the molecule is Cn1cc(C2CCN(S(=O)(=O)C3CN(C(=O)OC(C)(C)C)C3)CC2)c2cccnc21. The van der Waals surface area contributed by atoms with Gasteiger partial charge in [-0.3, -0.25) is 0 Å². The van der Waals surface area contributed by atoms with Crippen LogP contribution in [0.25, 0.3) is 11.0 Å². The van der Waals surface area contributed by atoms with Crippen LogP contribution in [0.2, 0.25) is 0 Å². The van der Waals surface area contributed by atoms with Crippen molar-refractivity contribution in [2.24, 2.45) is 7.05 Å². The second-order valence-electron chi connectivity index (χ2n) is 9.30. The van der Waals surface area contributed by atoms with Crippen LogP contribution in [0.1, 0.15) is 45.1 Å². The van der Waals surface area contributed by atoms with E-state index in [0.717, 1.165) is 23.9 Å². The Balaban J connectivity index is 1.36. The fourth-order valence-corrected chi connectivity index (χ4v) is 6.18. The molecule has 2 aromatic rings. The number of nitrogens with zero attached hydrogens (tertiary/aromatic N) is 4. The van der Waals surface area contributed by atoms with Crippen LogP contribution in [0.5, 0.6) is 0 Å². The summed E-state index contributed by atoms with van der Waals surface area (Å²) in [6, 6.07) is 4.03. The van der Waals surface area contributed by atoms with Crippen molar-refractivity contribution in [3.05, 3.63) is 30.1 Å². The molecular formula is C21H30N4O4S. The van der Waals surface area contributed by atoms with Crippen molar-refractivity contribution in [1.82, 2.24) is 18.8 Å². The summed E-state index contributed by atoms with van der Waals surface area (Å²) in [5.74, 6) is 0.323. The summed E-state index contributed by atoms with van der Waals surface area (Å²) in [4.78, 5) is 18.0. The smallest absolute Gasteiger partial charge is 0.410 e. The summed E-state index contributed by atoms with van der Waals surface area (Å²) in [7, 11) is -1.42. The van der Waals surface area contributed by atoms with Gasteiger partial charge in [0.1, 0.15) is 16.5 Å². The molecule has 0 bridgehead atoms. The summed E-state index contributed by atoms with van der Waals surface area (Å²) in [5.41, 5.74) is 1.62. The van der Waals surface area contributed by atoms with Crippen molar-refractivity contribution < 1.29 is 17.9 Å². The summed E-state index contributed by atoms with van der Waals surface area (Å²) < 4.78 is 35.0. The van der Waals surface area contributed by atoms with E-state index in [1.165, 1.54) is 10.5 Å². The highest BCUT2D eigenvalue weighted by molar-refractivity contribution is 7.89. The molecule has 8 nitrogen and oxygen atoms in total. The quantitative estimate of drug-likeness (QED) is 0.742. The lowest BCUT2D eigenvalue weighted by Crippen LogP contribution is -2.61. The molecule has 2 saturated heterocycles. The largest absolute Gasteiger partial charge is 0.444 e. The van der Waals surface area contributed by atoms with Crippen molar-refractivity contribution in [3.63, 3.8) is 0 Å². The van der Waals surface area contributed by atoms with Gasteiger partial charge in [-0.25, -0.2) is 22.5 Å². The average molecular weight is 435 g/mol. The Morgan fingerprint density at radius 2 is 1.87 bits per heavy atom. The first-order valence-electron chi connectivity index (χ1n) is 10.4. The number of hydrogen-bond donors (Lipinski definition) is 0. The zero-order valence-electron chi connectivity index (χ0n) is 18.0. The van der Waals surface area contributed by atoms with E-state index < -0.39 is 27.0 Å². The molecule has 0 spiro atoms. The molecule has 0 unspecified atom stereocenters. The number of aromatic nitrogens is 2. The maximum Gasteiger partial charge on any atom is 0.410 e. The Kier molecular flexibility index (Phi) is 5.30. The standard InChI is InChI=1S/C21H30N4O4S/c1-21(2,3)29-20(26)24-12-16(13-24)30(27,28)25-10-7-15(8-11-25)18-14-23(4)19-17(18)6-5-9-22-19/h5-6,9,14-16H,7-8,10-13H2,1-4H3. The highest BCUT2D eigenvalue weighted by Gasteiger charge is 2.44. The van der Waals surface area contributed by atoms with E-state index in [1.54, 1.807) is 31.3 Å². The van der Waals surface area contributed by atoms with Crippen molar-refractivity contribution >= 4 is 27.1 Å². The minimum absolute atomic E-state index is 0.201. The average Bonchev–Trinajstić information content (AvgIpc) is 2.96. The predicted octanol–water partition coefficient (Wildman–Crippen LogP) is 2.70. The molecule has 0 saturated carbocycles.